The molecule has 6 nitrogen and oxygen atoms in total. The first-order valence-corrected chi connectivity index (χ1v) is 7.43. The van der Waals surface area contributed by atoms with Crippen LogP contribution in [0.2, 0.25) is 0 Å². The minimum absolute atomic E-state index is 0.0117. The van der Waals surface area contributed by atoms with Crippen molar-refractivity contribution < 1.29 is 14.5 Å². The van der Waals surface area contributed by atoms with Gasteiger partial charge in [-0.25, -0.2) is 0 Å². The normalized spacial score (nSPS) is 10.8. The fourth-order valence-electron chi connectivity index (χ4n) is 2.90. The second-order valence-electron chi connectivity index (χ2n) is 5.49. The Morgan fingerprint density at radius 1 is 1.21 bits per heavy atom. The lowest BCUT2D eigenvalue weighted by molar-refractivity contribution is -0.383. The summed E-state index contributed by atoms with van der Waals surface area (Å²) in [5.74, 6) is 0.464. The Hall–Kier alpha value is -3.15. The quantitative estimate of drug-likeness (QED) is 0.530. The van der Waals surface area contributed by atoms with Crippen LogP contribution in [0.25, 0.3) is 16.6 Å². The van der Waals surface area contributed by atoms with Crippen LogP contribution < -0.4 is 4.74 Å². The van der Waals surface area contributed by atoms with Gasteiger partial charge < -0.3 is 9.30 Å². The zero-order valence-corrected chi connectivity index (χ0v) is 13.4. The highest BCUT2D eigenvalue weighted by molar-refractivity contribution is 5.96. The van der Waals surface area contributed by atoms with Gasteiger partial charge in [-0.1, -0.05) is 18.2 Å². The molecule has 0 spiro atoms. The van der Waals surface area contributed by atoms with E-state index in [1.54, 1.807) is 29.9 Å². The lowest BCUT2D eigenvalue weighted by Crippen LogP contribution is -2.07. The number of para-hydroxylation sites is 1. The second-order valence-corrected chi connectivity index (χ2v) is 5.49. The first-order chi connectivity index (χ1) is 11.5. The number of carbonyl (C=O) groups excluding carboxylic acids is 1. The van der Waals surface area contributed by atoms with Crippen molar-refractivity contribution in [2.24, 2.45) is 0 Å². The van der Waals surface area contributed by atoms with Crippen LogP contribution in [0.15, 0.2) is 48.5 Å². The van der Waals surface area contributed by atoms with Crippen LogP contribution in [0.4, 0.5) is 5.69 Å². The van der Waals surface area contributed by atoms with E-state index in [-0.39, 0.29) is 17.9 Å². The van der Waals surface area contributed by atoms with E-state index in [0.29, 0.717) is 22.3 Å². The summed E-state index contributed by atoms with van der Waals surface area (Å²) in [4.78, 5) is 23.0. The topological polar surface area (TPSA) is 74.4 Å². The predicted octanol–water partition coefficient (Wildman–Crippen LogP) is 3.68. The van der Waals surface area contributed by atoms with Gasteiger partial charge in [-0.15, -0.1) is 0 Å². The van der Waals surface area contributed by atoms with Crippen molar-refractivity contribution in [3.63, 3.8) is 0 Å². The standard InChI is InChI=1S/C18H16N2O4/c1-12(21)10-17-18(20(22)23)15-9-8-14(24-2)11-16(15)19(17)13-6-4-3-5-7-13/h3-9,11H,10H2,1-2H3. The van der Waals surface area contributed by atoms with E-state index in [0.717, 1.165) is 5.69 Å². The van der Waals surface area contributed by atoms with E-state index in [4.69, 9.17) is 4.74 Å². The van der Waals surface area contributed by atoms with E-state index >= 15 is 0 Å². The highest BCUT2D eigenvalue weighted by atomic mass is 16.6. The summed E-state index contributed by atoms with van der Waals surface area (Å²) < 4.78 is 7.02. The number of nitrogens with zero attached hydrogens (tertiary/aromatic N) is 2. The molecule has 24 heavy (non-hydrogen) atoms. The molecule has 0 bridgehead atoms. The van der Waals surface area contributed by atoms with Crippen molar-refractivity contribution in [1.29, 1.82) is 0 Å². The minimum Gasteiger partial charge on any atom is -0.497 e. The molecule has 0 amide bonds. The average molecular weight is 324 g/mol. The van der Waals surface area contributed by atoms with Crippen molar-refractivity contribution in [1.82, 2.24) is 4.57 Å². The number of Topliss-reactive ketones (excluding diaryl/α,β-unsaturated/α-hetero) is 1. The molecule has 0 aliphatic heterocycles. The number of hydrogen-bond donors (Lipinski definition) is 0. The monoisotopic (exact) mass is 324 g/mol. The van der Waals surface area contributed by atoms with Gasteiger partial charge in [0.1, 0.15) is 17.2 Å². The molecule has 6 heteroatoms. The van der Waals surface area contributed by atoms with Gasteiger partial charge in [0.2, 0.25) is 0 Å². The SMILES string of the molecule is COc1ccc2c([N+](=O)[O-])c(CC(C)=O)n(-c3ccccc3)c2c1. The lowest BCUT2D eigenvalue weighted by atomic mass is 10.1. The van der Waals surface area contributed by atoms with Crippen LogP contribution in [0.5, 0.6) is 5.75 Å². The molecule has 0 unspecified atom stereocenters. The van der Waals surface area contributed by atoms with E-state index in [1.807, 2.05) is 30.3 Å². The summed E-state index contributed by atoms with van der Waals surface area (Å²) in [6.07, 6.45) is -0.0117. The molecule has 0 aliphatic rings. The van der Waals surface area contributed by atoms with Gasteiger partial charge >= 0.3 is 0 Å². The Bertz CT molecular complexity index is 929. The van der Waals surface area contributed by atoms with Crippen LogP contribution in [-0.4, -0.2) is 22.4 Å². The van der Waals surface area contributed by atoms with Gasteiger partial charge in [0, 0.05) is 11.8 Å². The summed E-state index contributed by atoms with van der Waals surface area (Å²) in [7, 11) is 1.54. The number of benzene rings is 2. The molecular formula is C18H16N2O4. The molecule has 122 valence electrons. The number of ketones is 1. The highest BCUT2D eigenvalue weighted by Crippen LogP contribution is 2.37. The number of hydrogen-bond acceptors (Lipinski definition) is 4. The Balaban J connectivity index is 2.44. The summed E-state index contributed by atoms with van der Waals surface area (Å²) in [5, 5.41) is 12.2. The lowest BCUT2D eigenvalue weighted by Gasteiger charge is -2.09. The highest BCUT2D eigenvalue weighted by Gasteiger charge is 2.27. The van der Waals surface area contributed by atoms with E-state index in [2.05, 4.69) is 0 Å². The zero-order chi connectivity index (χ0) is 17.3. The fourth-order valence-corrected chi connectivity index (χ4v) is 2.90. The Kier molecular flexibility index (Phi) is 4.04. The van der Waals surface area contributed by atoms with Crippen LogP contribution in [0.1, 0.15) is 12.6 Å². The number of fused-ring (bicyclic) bond motifs is 1. The summed E-state index contributed by atoms with van der Waals surface area (Å²) in [5.41, 5.74) is 1.75. The van der Waals surface area contributed by atoms with Crippen molar-refractivity contribution in [3.05, 3.63) is 64.3 Å². The number of rotatable bonds is 5. The molecule has 1 aromatic heterocycles. The van der Waals surface area contributed by atoms with Crippen molar-refractivity contribution >= 4 is 22.4 Å². The van der Waals surface area contributed by atoms with Crippen LogP contribution >= 0.6 is 0 Å². The maximum Gasteiger partial charge on any atom is 0.298 e. The van der Waals surface area contributed by atoms with Gasteiger partial charge in [0.15, 0.2) is 0 Å². The van der Waals surface area contributed by atoms with E-state index < -0.39 is 4.92 Å². The minimum atomic E-state index is -0.424. The molecule has 0 atom stereocenters. The molecule has 1 heterocycles. The first-order valence-electron chi connectivity index (χ1n) is 7.43. The molecular weight excluding hydrogens is 308 g/mol. The second kappa shape index (κ2) is 6.16. The molecule has 3 rings (SSSR count). The largest absolute Gasteiger partial charge is 0.497 e. The summed E-state index contributed by atoms with van der Waals surface area (Å²) in [6, 6.07) is 14.4. The maximum absolute atomic E-state index is 11.7. The zero-order valence-electron chi connectivity index (χ0n) is 13.4. The molecule has 0 radical (unpaired) electrons. The first kappa shape index (κ1) is 15.7. The van der Waals surface area contributed by atoms with Crippen LogP contribution in [-0.2, 0) is 11.2 Å². The predicted molar refractivity (Wildman–Crippen MR) is 90.9 cm³/mol. The fraction of sp³-hybridized carbons (Fsp3) is 0.167. The number of nitro groups is 1. The third-order valence-electron chi connectivity index (χ3n) is 3.86. The molecule has 0 N–H and O–H groups in total. The number of carbonyl (C=O) groups is 1. The third kappa shape index (κ3) is 2.62. The van der Waals surface area contributed by atoms with Crippen molar-refractivity contribution in [3.8, 4) is 11.4 Å². The van der Waals surface area contributed by atoms with Gasteiger partial charge in [-0.2, -0.15) is 0 Å². The van der Waals surface area contributed by atoms with E-state index in [1.165, 1.54) is 6.92 Å². The Labute approximate surface area is 138 Å². The molecule has 0 fully saturated rings. The molecule has 0 saturated carbocycles. The molecule has 0 saturated heterocycles. The van der Waals surface area contributed by atoms with E-state index in [9.17, 15) is 14.9 Å². The Morgan fingerprint density at radius 3 is 2.50 bits per heavy atom. The number of aromatic nitrogens is 1. The number of methoxy groups -OCH3 is 1. The maximum atomic E-state index is 11.7. The van der Waals surface area contributed by atoms with Gasteiger partial charge in [-0.3, -0.25) is 14.9 Å². The van der Waals surface area contributed by atoms with Crippen LogP contribution in [0.3, 0.4) is 0 Å². The van der Waals surface area contributed by atoms with Gasteiger partial charge in [0.05, 0.1) is 29.4 Å². The average Bonchev–Trinajstić information content (AvgIpc) is 2.87. The Morgan fingerprint density at radius 2 is 1.92 bits per heavy atom. The molecule has 2 aromatic carbocycles. The molecule has 3 aromatic rings. The van der Waals surface area contributed by atoms with Crippen molar-refractivity contribution in [2.75, 3.05) is 7.11 Å². The molecule has 0 aliphatic carbocycles. The van der Waals surface area contributed by atoms with Gasteiger partial charge in [-0.05, 0) is 31.2 Å². The van der Waals surface area contributed by atoms with Crippen LogP contribution in [0, 0.1) is 10.1 Å². The third-order valence-corrected chi connectivity index (χ3v) is 3.86. The van der Waals surface area contributed by atoms with Crippen molar-refractivity contribution in [2.45, 2.75) is 13.3 Å². The summed E-state index contributed by atoms with van der Waals surface area (Å²) >= 11 is 0. The smallest absolute Gasteiger partial charge is 0.298 e. The summed E-state index contributed by atoms with van der Waals surface area (Å²) in [6.45, 7) is 1.43. The van der Waals surface area contributed by atoms with Gasteiger partial charge in [0.25, 0.3) is 5.69 Å². The number of ether oxygens (including phenoxy) is 1.